The molecule has 2 aromatic rings. The number of aromatic nitrogens is 2. The minimum absolute atomic E-state index is 0.0582. The zero-order valence-electron chi connectivity index (χ0n) is 8.59. The van der Waals surface area contributed by atoms with Crippen molar-refractivity contribution in [2.24, 2.45) is 0 Å². The van der Waals surface area contributed by atoms with Gasteiger partial charge in [-0.05, 0) is 35.9 Å². The molecular weight excluding hydrogens is 240 g/mol. The number of rotatable bonds is 2. The molecule has 1 aromatic carbocycles. The predicted octanol–water partition coefficient (Wildman–Crippen LogP) is 2.38. The number of nitrogens with zero attached hydrogens (tertiary/aromatic N) is 3. The third-order valence-electron chi connectivity index (χ3n) is 1.95. The number of benzene rings is 1. The van der Waals surface area contributed by atoms with Gasteiger partial charge in [-0.25, -0.2) is 4.98 Å². The number of anilines is 1. The van der Waals surface area contributed by atoms with Gasteiger partial charge in [-0.15, -0.1) is 0 Å². The fraction of sp³-hybridized carbons (Fsp3) is 0. The Kier molecular flexibility index (Phi) is 3.08. The molecule has 0 spiro atoms. The maximum Gasteiger partial charge on any atom is 0.247 e. The van der Waals surface area contributed by atoms with Crippen LogP contribution in [0.25, 0.3) is 0 Å². The van der Waals surface area contributed by atoms with E-state index in [9.17, 15) is 0 Å². The van der Waals surface area contributed by atoms with Crippen LogP contribution >= 0.6 is 11.6 Å². The van der Waals surface area contributed by atoms with E-state index in [1.54, 1.807) is 24.3 Å². The minimum Gasteiger partial charge on any atom is -0.437 e. The van der Waals surface area contributed by atoms with Gasteiger partial charge in [0, 0.05) is 0 Å². The Labute approximate surface area is 102 Å². The first-order chi connectivity index (χ1) is 8.19. The molecule has 0 saturated carbocycles. The van der Waals surface area contributed by atoms with E-state index in [0.717, 1.165) is 0 Å². The Bertz CT molecular complexity index is 577. The number of ether oxygens (including phenoxy) is 1. The molecule has 0 amide bonds. The second kappa shape index (κ2) is 4.68. The van der Waals surface area contributed by atoms with Crippen molar-refractivity contribution in [1.82, 2.24) is 9.97 Å². The summed E-state index contributed by atoms with van der Waals surface area (Å²) in [5.74, 6) is 0.708. The highest BCUT2D eigenvalue weighted by molar-refractivity contribution is 6.28. The predicted molar refractivity (Wildman–Crippen MR) is 62.7 cm³/mol. The lowest BCUT2D eigenvalue weighted by Crippen LogP contribution is -1.96. The van der Waals surface area contributed by atoms with E-state index in [1.165, 1.54) is 6.20 Å². The number of halogens is 1. The summed E-state index contributed by atoms with van der Waals surface area (Å²) in [7, 11) is 0. The summed E-state index contributed by atoms with van der Waals surface area (Å²) < 4.78 is 5.42. The summed E-state index contributed by atoms with van der Waals surface area (Å²) in [5, 5.41) is 8.71. The summed E-state index contributed by atoms with van der Waals surface area (Å²) in [4.78, 5) is 7.57. The van der Waals surface area contributed by atoms with Crippen molar-refractivity contribution in [3.63, 3.8) is 0 Å². The first-order valence-corrected chi connectivity index (χ1v) is 5.03. The lowest BCUT2D eigenvalue weighted by atomic mass is 10.2. The highest BCUT2D eigenvalue weighted by Crippen LogP contribution is 2.25. The van der Waals surface area contributed by atoms with E-state index in [4.69, 9.17) is 27.3 Å². The monoisotopic (exact) mass is 246 g/mol. The smallest absolute Gasteiger partial charge is 0.247 e. The normalized spacial score (nSPS) is 9.65. The molecular formula is C11H7ClN4O. The summed E-state index contributed by atoms with van der Waals surface area (Å²) >= 11 is 5.63. The van der Waals surface area contributed by atoms with Crippen LogP contribution in [0, 0.1) is 11.3 Å². The summed E-state index contributed by atoms with van der Waals surface area (Å²) in [5.41, 5.74) is 6.47. The molecule has 0 bridgehead atoms. The fourth-order valence-corrected chi connectivity index (χ4v) is 1.27. The molecule has 1 aromatic heterocycles. The largest absolute Gasteiger partial charge is 0.437 e. The van der Waals surface area contributed by atoms with Crippen LogP contribution in [-0.4, -0.2) is 9.97 Å². The fourth-order valence-electron chi connectivity index (χ4n) is 1.15. The number of nitrogen functional groups attached to an aromatic ring is 1. The van der Waals surface area contributed by atoms with Crippen molar-refractivity contribution in [3.8, 4) is 17.7 Å². The first kappa shape index (κ1) is 11.2. The molecule has 1 heterocycles. The molecule has 0 atom stereocenters. The van der Waals surface area contributed by atoms with Crippen LogP contribution in [0.5, 0.6) is 11.6 Å². The van der Waals surface area contributed by atoms with Gasteiger partial charge in [0.2, 0.25) is 11.2 Å². The van der Waals surface area contributed by atoms with Crippen LogP contribution in [0.3, 0.4) is 0 Å². The van der Waals surface area contributed by atoms with E-state index in [2.05, 4.69) is 9.97 Å². The second-order valence-corrected chi connectivity index (χ2v) is 3.48. The van der Waals surface area contributed by atoms with Gasteiger partial charge in [-0.2, -0.15) is 10.2 Å². The molecule has 6 heteroatoms. The molecule has 17 heavy (non-hydrogen) atoms. The Morgan fingerprint density at radius 3 is 2.65 bits per heavy atom. The van der Waals surface area contributed by atoms with Crippen LogP contribution in [0.2, 0.25) is 5.28 Å². The Balaban J connectivity index is 2.25. The van der Waals surface area contributed by atoms with Crippen molar-refractivity contribution in [1.29, 1.82) is 5.26 Å². The van der Waals surface area contributed by atoms with E-state index >= 15 is 0 Å². The average Bonchev–Trinajstić information content (AvgIpc) is 2.35. The van der Waals surface area contributed by atoms with Gasteiger partial charge in [0.1, 0.15) is 11.4 Å². The van der Waals surface area contributed by atoms with Gasteiger partial charge in [-0.3, -0.25) is 0 Å². The highest BCUT2D eigenvalue weighted by atomic mass is 35.5. The second-order valence-electron chi connectivity index (χ2n) is 3.14. The van der Waals surface area contributed by atoms with Crippen LogP contribution < -0.4 is 10.5 Å². The maximum atomic E-state index is 8.65. The van der Waals surface area contributed by atoms with Gasteiger partial charge in [-0.1, -0.05) is 0 Å². The zero-order chi connectivity index (χ0) is 12.3. The van der Waals surface area contributed by atoms with Crippen LogP contribution in [0.15, 0.2) is 30.5 Å². The maximum absolute atomic E-state index is 8.65. The van der Waals surface area contributed by atoms with Gasteiger partial charge in [0.25, 0.3) is 0 Å². The molecule has 0 aliphatic heterocycles. The van der Waals surface area contributed by atoms with Gasteiger partial charge >= 0.3 is 0 Å². The minimum atomic E-state index is 0.0582. The lowest BCUT2D eigenvalue weighted by Gasteiger charge is -2.06. The Morgan fingerprint density at radius 1 is 1.29 bits per heavy atom. The third-order valence-corrected chi connectivity index (χ3v) is 2.13. The van der Waals surface area contributed by atoms with Crippen LogP contribution in [0.4, 0.5) is 5.69 Å². The SMILES string of the molecule is N#Cc1ccc(Oc2nc(Cl)ncc2N)cc1. The molecule has 0 aliphatic carbocycles. The number of nitriles is 1. The van der Waals surface area contributed by atoms with Crippen molar-refractivity contribution in [2.75, 3.05) is 5.73 Å². The topological polar surface area (TPSA) is 84.8 Å². The first-order valence-electron chi connectivity index (χ1n) is 4.65. The van der Waals surface area contributed by atoms with Crippen LogP contribution in [-0.2, 0) is 0 Å². The quantitative estimate of drug-likeness (QED) is 0.823. The molecule has 0 radical (unpaired) electrons. The molecule has 0 saturated heterocycles. The van der Waals surface area contributed by atoms with Gasteiger partial charge in [0.05, 0.1) is 17.8 Å². The Morgan fingerprint density at radius 2 is 2.00 bits per heavy atom. The van der Waals surface area contributed by atoms with Crippen molar-refractivity contribution < 1.29 is 4.74 Å². The van der Waals surface area contributed by atoms with E-state index in [1.807, 2.05) is 6.07 Å². The van der Waals surface area contributed by atoms with E-state index in [-0.39, 0.29) is 11.2 Å². The van der Waals surface area contributed by atoms with Crippen molar-refractivity contribution in [3.05, 3.63) is 41.3 Å². The number of nitrogens with two attached hydrogens (primary N) is 1. The highest BCUT2D eigenvalue weighted by Gasteiger charge is 2.05. The van der Waals surface area contributed by atoms with Crippen molar-refractivity contribution in [2.45, 2.75) is 0 Å². The van der Waals surface area contributed by atoms with Gasteiger partial charge in [0.15, 0.2) is 0 Å². The standard InChI is InChI=1S/C11H7ClN4O/c12-11-15-6-9(14)10(16-11)17-8-3-1-7(5-13)2-4-8/h1-4,6H,14H2. The zero-order valence-corrected chi connectivity index (χ0v) is 9.35. The van der Waals surface area contributed by atoms with Crippen LogP contribution in [0.1, 0.15) is 5.56 Å². The molecule has 0 aliphatic rings. The lowest BCUT2D eigenvalue weighted by molar-refractivity contribution is 0.464. The molecule has 5 nitrogen and oxygen atoms in total. The molecule has 0 unspecified atom stereocenters. The number of hydrogen-bond acceptors (Lipinski definition) is 5. The average molecular weight is 247 g/mol. The number of hydrogen-bond donors (Lipinski definition) is 1. The molecule has 2 rings (SSSR count). The Hall–Kier alpha value is -2.32. The molecule has 2 N–H and O–H groups in total. The summed E-state index contributed by atoms with van der Waals surface area (Å²) in [6.07, 6.45) is 1.37. The molecule has 0 fully saturated rings. The van der Waals surface area contributed by atoms with Gasteiger partial charge < -0.3 is 10.5 Å². The summed E-state index contributed by atoms with van der Waals surface area (Å²) in [6.45, 7) is 0. The van der Waals surface area contributed by atoms with E-state index in [0.29, 0.717) is 17.0 Å². The third kappa shape index (κ3) is 2.62. The molecule has 84 valence electrons. The summed E-state index contributed by atoms with van der Waals surface area (Å²) in [6, 6.07) is 8.57. The van der Waals surface area contributed by atoms with E-state index < -0.39 is 0 Å². The van der Waals surface area contributed by atoms with Crippen molar-refractivity contribution >= 4 is 17.3 Å².